The van der Waals surface area contributed by atoms with Crippen molar-refractivity contribution in [2.45, 2.75) is 0 Å². The van der Waals surface area contributed by atoms with E-state index in [9.17, 15) is 0 Å². The Bertz CT molecular complexity index is 68.6. The molecule has 2 nitrogen and oxygen atoms in total. The van der Waals surface area contributed by atoms with Crippen LogP contribution in [-0.2, 0) is 9.78 Å². The number of hydrogen-bond acceptors (Lipinski definition) is 2. The van der Waals surface area contributed by atoms with E-state index in [-0.39, 0.29) is 0 Å². The van der Waals surface area contributed by atoms with Gasteiger partial charge in [0, 0.05) is 0 Å². The average Bonchev–Trinajstić information content (AvgIpc) is 1.76. The Morgan fingerprint density at radius 2 is 2.60 bits per heavy atom. The summed E-state index contributed by atoms with van der Waals surface area (Å²) in [4.78, 5) is 8.31. The van der Waals surface area contributed by atoms with Crippen LogP contribution in [0.3, 0.4) is 0 Å². The van der Waals surface area contributed by atoms with Gasteiger partial charge in [-0.15, -0.1) is 0 Å². The molecule has 0 saturated heterocycles. The maximum Gasteiger partial charge on any atom is 0.159 e. The topological polar surface area (TPSA) is 18.5 Å². The molecule has 0 atom stereocenters. The Hall–Kier alpha value is -0.680. The summed E-state index contributed by atoms with van der Waals surface area (Å²) in [7, 11) is 0. The molecule has 26 valence electrons. The molecule has 0 bridgehead atoms. The third-order valence-corrected chi connectivity index (χ3v) is 0.304. The first-order valence-corrected chi connectivity index (χ1v) is 1.26. The Morgan fingerprint density at radius 3 is 2.80 bits per heavy atom. The van der Waals surface area contributed by atoms with E-state index in [0.717, 1.165) is 0 Å². The molecule has 0 aromatic heterocycles. The van der Waals surface area contributed by atoms with Crippen molar-refractivity contribution in [3.63, 3.8) is 0 Å². The van der Waals surface area contributed by atoms with Crippen LogP contribution >= 0.6 is 0 Å². The number of hydrogen-bond donors (Lipinski definition) is 0. The van der Waals surface area contributed by atoms with Crippen LogP contribution in [0.5, 0.6) is 0 Å². The Morgan fingerprint density at radius 1 is 1.60 bits per heavy atom. The van der Waals surface area contributed by atoms with E-state index in [2.05, 4.69) is 21.8 Å². The normalized spacial score (nSPS) is 16.0. The highest BCUT2D eigenvalue weighted by atomic mass is 17.2. The van der Waals surface area contributed by atoms with E-state index in [1.807, 2.05) is 0 Å². The van der Waals surface area contributed by atoms with E-state index in [1.165, 1.54) is 0 Å². The summed E-state index contributed by atoms with van der Waals surface area (Å²) in [6.45, 7) is 0.417. The first-order chi connectivity index (χ1) is 2.50. The van der Waals surface area contributed by atoms with Crippen LogP contribution in [0.4, 0.5) is 0 Å². The molecule has 5 heavy (non-hydrogen) atoms. The fourth-order valence-electron chi connectivity index (χ4n) is 0.147. The van der Waals surface area contributed by atoms with Gasteiger partial charge in [0.2, 0.25) is 0 Å². The van der Waals surface area contributed by atoms with Gasteiger partial charge in [0.15, 0.2) is 12.7 Å². The molecule has 2 heteroatoms. The van der Waals surface area contributed by atoms with Crippen LogP contribution in [0.25, 0.3) is 0 Å². The van der Waals surface area contributed by atoms with Crippen molar-refractivity contribution in [2.75, 3.05) is 6.61 Å². The summed E-state index contributed by atoms with van der Waals surface area (Å²) >= 11 is 0. The van der Waals surface area contributed by atoms with Gasteiger partial charge in [-0.1, -0.05) is 0 Å². The first-order valence-electron chi connectivity index (χ1n) is 1.26. The largest absolute Gasteiger partial charge is 0.281 e. The van der Waals surface area contributed by atoms with Gasteiger partial charge in [0.1, 0.15) is 0 Å². The molecule has 0 amide bonds. The summed E-state index contributed by atoms with van der Waals surface area (Å²) < 4.78 is 0. The van der Waals surface area contributed by atoms with Crippen LogP contribution in [0, 0.1) is 12.0 Å². The molecular formula is C3H2O2. The molecule has 0 N–H and O–H groups in total. The van der Waals surface area contributed by atoms with Gasteiger partial charge >= 0.3 is 0 Å². The van der Waals surface area contributed by atoms with Crippen LogP contribution < -0.4 is 0 Å². The van der Waals surface area contributed by atoms with Gasteiger partial charge in [-0.3, -0.25) is 4.89 Å². The Labute approximate surface area is 29.6 Å². The molecule has 1 aliphatic heterocycles. The summed E-state index contributed by atoms with van der Waals surface area (Å²) in [5, 5.41) is 0. The van der Waals surface area contributed by atoms with Crippen molar-refractivity contribution in [3.05, 3.63) is 0 Å². The van der Waals surface area contributed by atoms with E-state index in [0.29, 0.717) is 6.61 Å². The predicted molar refractivity (Wildman–Crippen MR) is 14.8 cm³/mol. The molecule has 0 unspecified atom stereocenters. The van der Waals surface area contributed by atoms with Crippen LogP contribution in [0.1, 0.15) is 0 Å². The summed E-state index contributed by atoms with van der Waals surface area (Å²) in [5.74, 6) is 2.53. The Balaban J connectivity index is 2.42. The third kappa shape index (κ3) is 0.310. The molecule has 0 aromatic carbocycles. The molecule has 1 aliphatic rings. The van der Waals surface area contributed by atoms with Gasteiger partial charge in [-0.25, -0.2) is 0 Å². The lowest BCUT2D eigenvalue weighted by Gasteiger charge is -1.77. The highest BCUT2D eigenvalue weighted by Gasteiger charge is 1.82. The zero-order valence-corrected chi connectivity index (χ0v) is 2.52. The van der Waals surface area contributed by atoms with Gasteiger partial charge in [-0.2, -0.15) is 4.89 Å². The van der Waals surface area contributed by atoms with Crippen LogP contribution in [0.15, 0.2) is 0 Å². The van der Waals surface area contributed by atoms with E-state index in [1.54, 1.807) is 0 Å². The second-order valence-corrected chi connectivity index (χ2v) is 0.624. The van der Waals surface area contributed by atoms with E-state index in [4.69, 9.17) is 0 Å². The fourth-order valence-corrected chi connectivity index (χ4v) is 0.147. The van der Waals surface area contributed by atoms with Crippen molar-refractivity contribution in [3.8, 4) is 12.0 Å². The second-order valence-electron chi connectivity index (χ2n) is 0.624. The minimum atomic E-state index is 0.417. The van der Waals surface area contributed by atoms with Crippen LogP contribution in [0.2, 0.25) is 0 Å². The molecule has 0 radical (unpaired) electrons. The smallest absolute Gasteiger partial charge is 0.159 e. The third-order valence-electron chi connectivity index (χ3n) is 0.304. The first kappa shape index (κ1) is 2.55. The minimum Gasteiger partial charge on any atom is -0.281 e. The minimum absolute atomic E-state index is 0.417. The summed E-state index contributed by atoms with van der Waals surface area (Å²) in [5.41, 5.74) is 0. The summed E-state index contributed by atoms with van der Waals surface area (Å²) in [6.07, 6.45) is 2.25. The average molecular weight is 70.0 g/mol. The predicted octanol–water partition coefficient (Wildman–Crippen LogP) is -0.0909. The lowest BCUT2D eigenvalue weighted by atomic mass is 10.8. The van der Waals surface area contributed by atoms with Crippen molar-refractivity contribution >= 4 is 0 Å². The quantitative estimate of drug-likeness (QED) is 0.293. The lowest BCUT2D eigenvalue weighted by molar-refractivity contribution is -0.212. The highest BCUT2D eigenvalue weighted by Crippen LogP contribution is 1.78. The second kappa shape index (κ2) is 0.958. The van der Waals surface area contributed by atoms with Crippen LogP contribution in [-0.4, -0.2) is 6.61 Å². The zero-order chi connectivity index (χ0) is 3.54. The molecular weight excluding hydrogens is 68.0 g/mol. The van der Waals surface area contributed by atoms with E-state index < -0.39 is 0 Å². The van der Waals surface area contributed by atoms with Crippen molar-refractivity contribution in [1.29, 1.82) is 0 Å². The molecule has 0 aliphatic carbocycles. The van der Waals surface area contributed by atoms with Crippen molar-refractivity contribution < 1.29 is 9.78 Å². The molecule has 1 heterocycles. The lowest BCUT2D eigenvalue weighted by Crippen LogP contribution is -1.75. The maximum absolute atomic E-state index is 4.22. The van der Waals surface area contributed by atoms with Crippen molar-refractivity contribution in [1.82, 2.24) is 0 Å². The van der Waals surface area contributed by atoms with Gasteiger partial charge in [0.25, 0.3) is 0 Å². The van der Waals surface area contributed by atoms with Gasteiger partial charge in [0.05, 0.1) is 0 Å². The zero-order valence-electron chi connectivity index (χ0n) is 2.52. The van der Waals surface area contributed by atoms with E-state index >= 15 is 0 Å². The SMILES string of the molecule is C1#COOC1. The monoisotopic (exact) mass is 70.0 g/mol. The standard InChI is InChI=1S/C3H2O2/c1-2-4-5-3-1/h2H2. The summed E-state index contributed by atoms with van der Waals surface area (Å²) in [6, 6.07) is 0. The molecule has 0 aromatic rings. The molecule has 1 rings (SSSR count). The molecule has 0 saturated carbocycles. The maximum atomic E-state index is 4.22. The number of rotatable bonds is 0. The van der Waals surface area contributed by atoms with Crippen molar-refractivity contribution in [2.24, 2.45) is 0 Å². The Kier molecular flexibility index (Phi) is 0.489. The molecule has 0 fully saturated rings. The fraction of sp³-hybridized carbons (Fsp3) is 0.333. The van der Waals surface area contributed by atoms with Gasteiger partial charge in [-0.05, 0) is 5.92 Å². The van der Waals surface area contributed by atoms with Gasteiger partial charge < -0.3 is 0 Å². The highest BCUT2D eigenvalue weighted by molar-refractivity contribution is 4.92. The molecule has 0 spiro atoms.